The fourth-order valence-electron chi connectivity index (χ4n) is 2.34. The molecule has 102 valence electrons. The monoisotopic (exact) mass is 258 g/mol. The van der Waals surface area contributed by atoms with Crippen LogP contribution >= 0.6 is 0 Å². The highest BCUT2D eigenvalue weighted by atomic mass is 19.4. The summed E-state index contributed by atoms with van der Waals surface area (Å²) < 4.78 is 37.4. The largest absolute Gasteiger partial charge is 0.389 e. The van der Waals surface area contributed by atoms with Crippen molar-refractivity contribution in [1.29, 1.82) is 0 Å². The van der Waals surface area contributed by atoms with Crippen LogP contribution in [-0.2, 0) is 12.8 Å². The molecule has 0 unspecified atom stereocenters. The summed E-state index contributed by atoms with van der Waals surface area (Å²) in [5.41, 5.74) is 1.45. The third-order valence-electron chi connectivity index (χ3n) is 2.89. The molecule has 0 aliphatic rings. The first-order chi connectivity index (χ1) is 8.22. The Morgan fingerprint density at radius 1 is 1.06 bits per heavy atom. The lowest BCUT2D eigenvalue weighted by Crippen LogP contribution is -2.24. The van der Waals surface area contributed by atoms with Crippen LogP contribution in [0.25, 0.3) is 0 Å². The minimum absolute atomic E-state index is 0.462. The van der Waals surface area contributed by atoms with Gasteiger partial charge in [0.2, 0.25) is 0 Å². The molecule has 1 aromatic rings. The van der Waals surface area contributed by atoms with E-state index in [1.807, 2.05) is 24.3 Å². The van der Waals surface area contributed by atoms with Crippen LogP contribution in [0.2, 0.25) is 0 Å². The average molecular weight is 258 g/mol. The van der Waals surface area contributed by atoms with Crippen molar-refractivity contribution in [1.82, 2.24) is 0 Å². The number of aryl methyl sites for hydroxylation is 1. The normalized spacial score (nSPS) is 12.8. The molecule has 0 N–H and O–H groups in total. The van der Waals surface area contributed by atoms with E-state index in [0.29, 0.717) is 6.42 Å². The van der Waals surface area contributed by atoms with Gasteiger partial charge in [0.05, 0.1) is 0 Å². The van der Waals surface area contributed by atoms with Crippen LogP contribution in [0.5, 0.6) is 0 Å². The van der Waals surface area contributed by atoms with Crippen LogP contribution in [-0.4, -0.2) is 6.18 Å². The molecule has 1 aromatic carbocycles. The fraction of sp³-hybridized carbons (Fsp3) is 0.600. The smallest absolute Gasteiger partial charge is 0.171 e. The lowest BCUT2D eigenvalue weighted by molar-refractivity contribution is -0.154. The molecule has 0 saturated heterocycles. The maximum absolute atomic E-state index is 12.5. The Bertz CT molecular complexity index is 378. The van der Waals surface area contributed by atoms with Crippen molar-refractivity contribution in [2.75, 3.05) is 0 Å². The van der Waals surface area contributed by atoms with Gasteiger partial charge in [0.1, 0.15) is 0 Å². The van der Waals surface area contributed by atoms with Gasteiger partial charge in [-0.05, 0) is 29.4 Å². The molecule has 0 aliphatic heterocycles. The quantitative estimate of drug-likeness (QED) is 0.684. The van der Waals surface area contributed by atoms with Crippen molar-refractivity contribution in [2.45, 2.75) is 52.6 Å². The standard InChI is InChI=1S/C15H21F3/c1-4-6-12-7-5-8-13(9-12)10-14(2,3)11-15(16,17)18/h5,7-9H,4,6,10-11H2,1-3H3. The van der Waals surface area contributed by atoms with Crippen molar-refractivity contribution in [3.05, 3.63) is 35.4 Å². The number of hydrogen-bond acceptors (Lipinski definition) is 0. The van der Waals surface area contributed by atoms with Gasteiger partial charge in [-0.25, -0.2) is 0 Å². The molecule has 0 atom stereocenters. The maximum atomic E-state index is 12.5. The Kier molecular flexibility index (Phi) is 4.83. The summed E-state index contributed by atoms with van der Waals surface area (Å²) in [6.07, 6.45) is -2.34. The molecule has 1 rings (SSSR count). The van der Waals surface area contributed by atoms with E-state index in [0.717, 1.165) is 18.4 Å². The first kappa shape index (κ1) is 15.1. The molecule has 0 aromatic heterocycles. The van der Waals surface area contributed by atoms with Crippen LogP contribution in [0, 0.1) is 5.41 Å². The van der Waals surface area contributed by atoms with Gasteiger partial charge in [-0.3, -0.25) is 0 Å². The molecule has 0 heterocycles. The van der Waals surface area contributed by atoms with Gasteiger partial charge in [-0.15, -0.1) is 0 Å². The van der Waals surface area contributed by atoms with Gasteiger partial charge < -0.3 is 0 Å². The Morgan fingerprint density at radius 2 is 1.67 bits per heavy atom. The van der Waals surface area contributed by atoms with Crippen molar-refractivity contribution >= 4 is 0 Å². The van der Waals surface area contributed by atoms with Gasteiger partial charge in [-0.2, -0.15) is 13.2 Å². The molecule has 0 amide bonds. The highest BCUT2D eigenvalue weighted by Crippen LogP contribution is 2.35. The Morgan fingerprint density at radius 3 is 2.22 bits per heavy atom. The first-order valence-corrected chi connectivity index (χ1v) is 6.36. The number of rotatable bonds is 5. The summed E-state index contributed by atoms with van der Waals surface area (Å²) in [7, 11) is 0. The fourth-order valence-corrected chi connectivity index (χ4v) is 2.34. The number of hydrogen-bond donors (Lipinski definition) is 0. The minimum atomic E-state index is -4.09. The molecule has 0 aliphatic carbocycles. The molecule has 0 saturated carbocycles. The van der Waals surface area contributed by atoms with E-state index >= 15 is 0 Å². The van der Waals surface area contributed by atoms with E-state index in [1.165, 1.54) is 5.56 Å². The number of alkyl halides is 3. The molecular formula is C15H21F3. The maximum Gasteiger partial charge on any atom is 0.389 e. The number of benzene rings is 1. The minimum Gasteiger partial charge on any atom is -0.171 e. The second-order valence-electron chi connectivity index (χ2n) is 5.70. The SMILES string of the molecule is CCCc1cccc(CC(C)(C)CC(F)(F)F)c1. The summed E-state index contributed by atoms with van der Waals surface area (Å²) in [5, 5.41) is 0. The van der Waals surface area contributed by atoms with E-state index < -0.39 is 18.0 Å². The van der Waals surface area contributed by atoms with Gasteiger partial charge in [0.15, 0.2) is 0 Å². The van der Waals surface area contributed by atoms with Crippen LogP contribution in [0.3, 0.4) is 0 Å². The average Bonchev–Trinajstić information content (AvgIpc) is 2.13. The lowest BCUT2D eigenvalue weighted by atomic mass is 9.82. The predicted octanol–water partition coefficient (Wildman–Crippen LogP) is 5.16. The van der Waals surface area contributed by atoms with Crippen LogP contribution in [0.1, 0.15) is 44.7 Å². The Labute approximate surface area is 107 Å². The van der Waals surface area contributed by atoms with Crippen LogP contribution < -0.4 is 0 Å². The van der Waals surface area contributed by atoms with E-state index in [9.17, 15) is 13.2 Å². The summed E-state index contributed by atoms with van der Waals surface area (Å²) in [6, 6.07) is 7.91. The molecule has 0 radical (unpaired) electrons. The summed E-state index contributed by atoms with van der Waals surface area (Å²) in [4.78, 5) is 0. The van der Waals surface area contributed by atoms with E-state index in [2.05, 4.69) is 6.92 Å². The van der Waals surface area contributed by atoms with Crippen molar-refractivity contribution in [2.24, 2.45) is 5.41 Å². The van der Waals surface area contributed by atoms with Crippen LogP contribution in [0.4, 0.5) is 13.2 Å². The molecule has 0 bridgehead atoms. The summed E-state index contributed by atoms with van der Waals surface area (Å²) in [5.74, 6) is 0. The van der Waals surface area contributed by atoms with E-state index in [-0.39, 0.29) is 0 Å². The van der Waals surface area contributed by atoms with Gasteiger partial charge in [-0.1, -0.05) is 51.5 Å². The second-order valence-corrected chi connectivity index (χ2v) is 5.70. The Hall–Kier alpha value is -0.990. The third-order valence-corrected chi connectivity index (χ3v) is 2.89. The van der Waals surface area contributed by atoms with Crippen molar-refractivity contribution < 1.29 is 13.2 Å². The zero-order chi connectivity index (χ0) is 13.8. The lowest BCUT2D eigenvalue weighted by Gasteiger charge is -2.26. The zero-order valence-electron chi connectivity index (χ0n) is 11.3. The highest BCUT2D eigenvalue weighted by molar-refractivity contribution is 5.24. The van der Waals surface area contributed by atoms with Gasteiger partial charge in [0.25, 0.3) is 0 Å². The predicted molar refractivity (Wildman–Crippen MR) is 68.6 cm³/mol. The van der Waals surface area contributed by atoms with Crippen molar-refractivity contribution in [3.8, 4) is 0 Å². The molecule has 0 spiro atoms. The topological polar surface area (TPSA) is 0 Å². The second kappa shape index (κ2) is 5.77. The highest BCUT2D eigenvalue weighted by Gasteiger charge is 2.36. The van der Waals surface area contributed by atoms with Gasteiger partial charge in [0, 0.05) is 6.42 Å². The van der Waals surface area contributed by atoms with E-state index in [1.54, 1.807) is 13.8 Å². The molecule has 3 heteroatoms. The molecule has 0 nitrogen and oxygen atoms in total. The Balaban J connectivity index is 2.74. The first-order valence-electron chi connectivity index (χ1n) is 6.36. The number of halogens is 3. The van der Waals surface area contributed by atoms with Gasteiger partial charge >= 0.3 is 6.18 Å². The summed E-state index contributed by atoms with van der Waals surface area (Å²) in [6.45, 7) is 5.44. The van der Waals surface area contributed by atoms with Crippen LogP contribution in [0.15, 0.2) is 24.3 Å². The summed E-state index contributed by atoms with van der Waals surface area (Å²) >= 11 is 0. The molecular weight excluding hydrogens is 237 g/mol. The third kappa shape index (κ3) is 5.56. The van der Waals surface area contributed by atoms with Crippen molar-refractivity contribution in [3.63, 3.8) is 0 Å². The molecule has 0 fully saturated rings. The molecule has 18 heavy (non-hydrogen) atoms. The van der Waals surface area contributed by atoms with E-state index in [4.69, 9.17) is 0 Å². The zero-order valence-corrected chi connectivity index (χ0v) is 11.3.